The summed E-state index contributed by atoms with van der Waals surface area (Å²) in [4.78, 5) is 4.26. The maximum atomic E-state index is 9.55. The summed E-state index contributed by atoms with van der Waals surface area (Å²) in [5.74, 6) is -0.293. The highest BCUT2D eigenvalue weighted by Crippen LogP contribution is 2.38. The molecule has 0 radical (unpaired) electrons. The first-order chi connectivity index (χ1) is 9.21. The van der Waals surface area contributed by atoms with E-state index in [4.69, 9.17) is 0 Å². The first kappa shape index (κ1) is 15.2. The smallest absolute Gasteiger partial charge is 0.0899 e. The van der Waals surface area contributed by atoms with Gasteiger partial charge in [0.15, 0.2) is 0 Å². The molecule has 100 valence electrons. The third kappa shape index (κ3) is 4.07. The van der Waals surface area contributed by atoms with E-state index in [0.29, 0.717) is 6.42 Å². The molecule has 0 aliphatic carbocycles. The monoisotopic (exact) mass is 255 g/mol. The molecule has 0 saturated heterocycles. The Labute approximate surface area is 115 Å². The van der Waals surface area contributed by atoms with Crippen molar-refractivity contribution in [2.75, 3.05) is 0 Å². The van der Waals surface area contributed by atoms with Gasteiger partial charge < -0.3 is 0 Å². The highest BCUT2D eigenvalue weighted by atomic mass is 14.7. The van der Waals surface area contributed by atoms with Crippen LogP contribution in [0.1, 0.15) is 57.6 Å². The number of hydrogen-bond donors (Lipinski definition) is 0. The molecule has 3 nitrogen and oxygen atoms in total. The molecule has 0 aliphatic heterocycles. The Balaban J connectivity index is 2.94. The van der Waals surface area contributed by atoms with Gasteiger partial charge in [0, 0.05) is 6.20 Å². The van der Waals surface area contributed by atoms with Crippen LogP contribution in [0.25, 0.3) is 0 Å². The second-order valence-corrected chi connectivity index (χ2v) is 5.03. The molecule has 3 heteroatoms. The molecule has 1 unspecified atom stereocenters. The van der Waals surface area contributed by atoms with Gasteiger partial charge in [-0.05, 0) is 31.4 Å². The third-order valence-corrected chi connectivity index (χ3v) is 3.49. The lowest BCUT2D eigenvalue weighted by Gasteiger charge is -2.27. The molecule has 1 atom stereocenters. The minimum absolute atomic E-state index is 0.293. The molecule has 1 rings (SSSR count). The number of hydrogen-bond acceptors (Lipinski definition) is 3. The van der Waals surface area contributed by atoms with Crippen LogP contribution in [0.5, 0.6) is 0 Å². The van der Waals surface area contributed by atoms with Crippen LogP contribution in [0.3, 0.4) is 0 Å². The predicted molar refractivity (Wildman–Crippen MR) is 75.1 cm³/mol. The van der Waals surface area contributed by atoms with Crippen LogP contribution in [0, 0.1) is 28.1 Å². The second-order valence-electron chi connectivity index (χ2n) is 5.03. The van der Waals surface area contributed by atoms with Crippen LogP contribution >= 0.6 is 0 Å². The molecule has 0 bridgehead atoms. The zero-order valence-corrected chi connectivity index (χ0v) is 11.8. The highest BCUT2D eigenvalue weighted by Gasteiger charge is 2.32. The summed E-state index contributed by atoms with van der Waals surface area (Å²) in [6.07, 6.45) is 5.92. The van der Waals surface area contributed by atoms with E-state index in [0.717, 1.165) is 31.4 Å². The van der Waals surface area contributed by atoms with Gasteiger partial charge in [-0.15, -0.1) is 0 Å². The molecular weight excluding hydrogens is 234 g/mol. The summed E-state index contributed by atoms with van der Waals surface area (Å²) in [5.41, 5.74) is 0.387. The largest absolute Gasteiger partial charge is 0.260 e. The number of nitriles is 2. The Bertz CT molecular complexity index is 447. The fourth-order valence-electron chi connectivity index (χ4n) is 2.63. The van der Waals surface area contributed by atoms with Gasteiger partial charge >= 0.3 is 0 Å². The van der Waals surface area contributed by atoms with E-state index in [9.17, 15) is 10.5 Å². The van der Waals surface area contributed by atoms with Crippen LogP contribution in [0.4, 0.5) is 0 Å². The van der Waals surface area contributed by atoms with Crippen molar-refractivity contribution in [3.63, 3.8) is 0 Å². The quantitative estimate of drug-likeness (QED) is 0.734. The molecule has 1 aromatic rings. The molecule has 19 heavy (non-hydrogen) atoms. The Kier molecular flexibility index (Phi) is 6.03. The summed E-state index contributed by atoms with van der Waals surface area (Å²) in [6.45, 7) is 4.17. The van der Waals surface area contributed by atoms with Gasteiger partial charge in [-0.2, -0.15) is 10.5 Å². The maximum Gasteiger partial charge on any atom is 0.0899 e. The fraction of sp³-hybridized carbons (Fsp3) is 0.562. The third-order valence-electron chi connectivity index (χ3n) is 3.49. The van der Waals surface area contributed by atoms with Gasteiger partial charge in [0.25, 0.3) is 0 Å². The van der Waals surface area contributed by atoms with Crippen molar-refractivity contribution in [3.8, 4) is 12.1 Å². The zero-order chi connectivity index (χ0) is 14.1. The van der Waals surface area contributed by atoms with Crippen molar-refractivity contribution in [3.05, 3.63) is 30.1 Å². The van der Waals surface area contributed by atoms with E-state index in [1.165, 1.54) is 0 Å². The average Bonchev–Trinajstić information content (AvgIpc) is 2.46. The van der Waals surface area contributed by atoms with Crippen molar-refractivity contribution in [1.29, 1.82) is 10.5 Å². The van der Waals surface area contributed by atoms with E-state index in [2.05, 4.69) is 31.0 Å². The van der Waals surface area contributed by atoms with Crippen molar-refractivity contribution in [2.24, 2.45) is 5.41 Å². The van der Waals surface area contributed by atoms with Crippen molar-refractivity contribution < 1.29 is 0 Å². The molecule has 0 fully saturated rings. The number of rotatable bonds is 7. The summed E-state index contributed by atoms with van der Waals surface area (Å²) in [6, 6.07) is 10.4. The Morgan fingerprint density at radius 2 is 1.89 bits per heavy atom. The SMILES string of the molecule is CCCC(C#N)(CCC)CC(C#N)c1ccccn1. The molecule has 0 amide bonds. The summed E-state index contributed by atoms with van der Waals surface area (Å²) >= 11 is 0. The topological polar surface area (TPSA) is 60.5 Å². The van der Waals surface area contributed by atoms with Crippen LogP contribution in [0.15, 0.2) is 24.4 Å². The predicted octanol–water partition coefficient (Wildman–Crippen LogP) is 4.19. The van der Waals surface area contributed by atoms with Crippen LogP contribution < -0.4 is 0 Å². The van der Waals surface area contributed by atoms with Gasteiger partial charge in [0.1, 0.15) is 0 Å². The van der Waals surface area contributed by atoms with E-state index in [1.54, 1.807) is 6.20 Å². The van der Waals surface area contributed by atoms with Gasteiger partial charge in [0.2, 0.25) is 0 Å². The number of aromatic nitrogens is 1. The first-order valence-corrected chi connectivity index (χ1v) is 6.93. The Morgan fingerprint density at radius 3 is 2.32 bits per heavy atom. The molecular formula is C16H21N3. The van der Waals surface area contributed by atoms with Crippen molar-refractivity contribution >= 4 is 0 Å². The summed E-state index contributed by atoms with van der Waals surface area (Å²) in [7, 11) is 0. The van der Waals surface area contributed by atoms with E-state index >= 15 is 0 Å². The zero-order valence-electron chi connectivity index (χ0n) is 11.8. The maximum absolute atomic E-state index is 9.55. The Hall–Kier alpha value is -1.87. The van der Waals surface area contributed by atoms with Crippen LogP contribution in [-0.4, -0.2) is 4.98 Å². The van der Waals surface area contributed by atoms with E-state index < -0.39 is 0 Å². The van der Waals surface area contributed by atoms with Gasteiger partial charge in [-0.3, -0.25) is 4.98 Å². The molecule has 1 heterocycles. The number of nitrogens with zero attached hydrogens (tertiary/aromatic N) is 3. The summed E-state index contributed by atoms with van der Waals surface area (Å²) in [5, 5.41) is 18.9. The van der Waals surface area contributed by atoms with Gasteiger partial charge in [-0.25, -0.2) is 0 Å². The molecule has 0 aliphatic rings. The first-order valence-electron chi connectivity index (χ1n) is 6.93. The van der Waals surface area contributed by atoms with Crippen LogP contribution in [0.2, 0.25) is 0 Å². The molecule has 0 N–H and O–H groups in total. The second kappa shape index (κ2) is 7.54. The minimum atomic E-state index is -0.387. The lowest BCUT2D eigenvalue weighted by Crippen LogP contribution is -2.22. The standard InChI is InChI=1S/C16H21N3/c1-3-8-16(13-18,9-4-2)11-14(12-17)15-7-5-6-10-19-15/h5-7,10,14H,3-4,8-9,11H2,1-2H3. The minimum Gasteiger partial charge on any atom is -0.260 e. The highest BCUT2D eigenvalue weighted by molar-refractivity contribution is 5.19. The molecule has 0 aromatic carbocycles. The van der Waals surface area contributed by atoms with Gasteiger partial charge in [0.05, 0.1) is 29.2 Å². The lowest BCUT2D eigenvalue weighted by atomic mass is 9.73. The van der Waals surface area contributed by atoms with Gasteiger partial charge in [-0.1, -0.05) is 32.8 Å². The molecule has 0 spiro atoms. The fourth-order valence-corrected chi connectivity index (χ4v) is 2.63. The molecule has 0 saturated carbocycles. The van der Waals surface area contributed by atoms with Crippen LogP contribution in [-0.2, 0) is 0 Å². The number of pyridine rings is 1. The normalized spacial score (nSPS) is 12.4. The Morgan fingerprint density at radius 1 is 1.21 bits per heavy atom. The molecule has 1 aromatic heterocycles. The average molecular weight is 255 g/mol. The van der Waals surface area contributed by atoms with E-state index in [1.807, 2.05) is 18.2 Å². The van der Waals surface area contributed by atoms with Crippen molar-refractivity contribution in [2.45, 2.75) is 51.9 Å². The lowest BCUT2D eigenvalue weighted by molar-refractivity contribution is 0.292. The van der Waals surface area contributed by atoms with Crippen molar-refractivity contribution in [1.82, 2.24) is 4.98 Å². The van der Waals surface area contributed by atoms with E-state index in [-0.39, 0.29) is 11.3 Å². The summed E-state index contributed by atoms with van der Waals surface area (Å²) < 4.78 is 0.